The van der Waals surface area contributed by atoms with Gasteiger partial charge in [0.05, 0.1) is 11.6 Å². The predicted octanol–water partition coefficient (Wildman–Crippen LogP) is 1.19. The highest BCUT2D eigenvalue weighted by Gasteiger charge is 2.41. The van der Waals surface area contributed by atoms with E-state index >= 15 is 0 Å². The number of rotatable bonds is 5. The minimum absolute atomic E-state index is 0.216. The van der Waals surface area contributed by atoms with Gasteiger partial charge in [-0.1, -0.05) is 11.6 Å². The average molecular weight is 325 g/mol. The van der Waals surface area contributed by atoms with Crippen LogP contribution < -0.4 is 10.6 Å². The molecule has 3 atom stereocenters. The topological polar surface area (TPSA) is 93.2 Å². The molecule has 8 heteroatoms. The summed E-state index contributed by atoms with van der Waals surface area (Å²) < 4.78 is 5.43. The molecule has 0 bridgehead atoms. The molecule has 1 aromatic heterocycles. The summed E-state index contributed by atoms with van der Waals surface area (Å²) >= 11 is 6.14. The fraction of sp³-hybridized carbons (Fsp3) is 0.571. The van der Waals surface area contributed by atoms with Gasteiger partial charge in [-0.2, -0.15) is 5.10 Å². The fourth-order valence-corrected chi connectivity index (χ4v) is 2.92. The molecule has 7 nitrogen and oxygen atoms in total. The normalized spacial score (nSPS) is 27.3. The third-order valence-electron chi connectivity index (χ3n) is 4.03. The molecule has 2 aliphatic rings. The van der Waals surface area contributed by atoms with Gasteiger partial charge in [-0.3, -0.25) is 10.1 Å². The van der Waals surface area contributed by atoms with Crippen molar-refractivity contribution in [2.24, 2.45) is 5.92 Å². The maximum atomic E-state index is 11.9. The minimum atomic E-state index is -0.537. The van der Waals surface area contributed by atoms with Crippen LogP contribution in [0.5, 0.6) is 0 Å². The van der Waals surface area contributed by atoms with Crippen molar-refractivity contribution in [3.63, 3.8) is 0 Å². The molecule has 2 N–H and O–H groups in total. The zero-order valence-corrected chi connectivity index (χ0v) is 12.9. The molecule has 3 amide bonds. The van der Waals surface area contributed by atoms with Crippen LogP contribution in [0, 0.1) is 5.92 Å². The number of amides is 3. The van der Waals surface area contributed by atoms with Gasteiger partial charge < -0.3 is 10.1 Å². The van der Waals surface area contributed by atoms with Crippen LogP contribution in [0.4, 0.5) is 4.79 Å². The summed E-state index contributed by atoms with van der Waals surface area (Å²) in [5, 5.41) is 13.2. The standard InChI is InChI=1S/C14H17ClN4O3/c1-2-22-6-7-3-8(7)9-4-11(18-19-12(9)15)10-5-16-14(21)17-13(10)20/h4,7-8,10H,2-3,5-6H2,1H3,(H2,16,17,20,21)/t7-,8+,10?/m1/s1. The van der Waals surface area contributed by atoms with E-state index in [0.717, 1.165) is 12.0 Å². The van der Waals surface area contributed by atoms with Gasteiger partial charge in [0.1, 0.15) is 0 Å². The van der Waals surface area contributed by atoms with Gasteiger partial charge in [0, 0.05) is 19.8 Å². The lowest BCUT2D eigenvalue weighted by Gasteiger charge is -2.21. The van der Waals surface area contributed by atoms with Crippen LogP contribution in [0.1, 0.15) is 36.4 Å². The maximum absolute atomic E-state index is 11.9. The molecule has 22 heavy (non-hydrogen) atoms. The maximum Gasteiger partial charge on any atom is 0.321 e. The van der Waals surface area contributed by atoms with Gasteiger partial charge in [0.25, 0.3) is 0 Å². The Hall–Kier alpha value is -1.73. The summed E-state index contributed by atoms with van der Waals surface area (Å²) in [6.07, 6.45) is 0.998. The van der Waals surface area contributed by atoms with Gasteiger partial charge in [0.15, 0.2) is 5.15 Å². The van der Waals surface area contributed by atoms with E-state index in [0.29, 0.717) is 35.9 Å². The summed E-state index contributed by atoms with van der Waals surface area (Å²) in [7, 11) is 0. The first-order valence-corrected chi connectivity index (χ1v) is 7.67. The molecule has 1 saturated heterocycles. The molecule has 1 unspecified atom stereocenters. The number of carbonyl (C=O) groups is 2. The molecule has 1 aromatic rings. The highest BCUT2D eigenvalue weighted by Crippen LogP contribution is 2.49. The Morgan fingerprint density at radius 3 is 2.95 bits per heavy atom. The highest BCUT2D eigenvalue weighted by atomic mass is 35.5. The molecule has 1 saturated carbocycles. The first-order valence-electron chi connectivity index (χ1n) is 7.29. The first-order chi connectivity index (χ1) is 10.6. The van der Waals surface area contributed by atoms with Crippen LogP contribution in [0.15, 0.2) is 6.07 Å². The van der Waals surface area contributed by atoms with Crippen molar-refractivity contribution in [2.45, 2.75) is 25.2 Å². The summed E-state index contributed by atoms with van der Waals surface area (Å²) in [5.41, 5.74) is 1.43. The number of ether oxygens (including phenoxy) is 1. The smallest absolute Gasteiger partial charge is 0.321 e. The number of nitrogens with zero attached hydrogens (tertiary/aromatic N) is 2. The van der Waals surface area contributed by atoms with Gasteiger partial charge in [-0.15, -0.1) is 5.10 Å². The minimum Gasteiger partial charge on any atom is -0.381 e. The monoisotopic (exact) mass is 324 g/mol. The summed E-state index contributed by atoms with van der Waals surface area (Å²) in [4.78, 5) is 23.0. The number of nitrogens with one attached hydrogen (secondary N) is 2. The van der Waals surface area contributed by atoms with Gasteiger partial charge in [-0.25, -0.2) is 4.79 Å². The van der Waals surface area contributed by atoms with Crippen molar-refractivity contribution in [3.05, 3.63) is 22.5 Å². The SMILES string of the molecule is CCOC[C@H]1C[C@@H]1c1cc(C2CNC(=O)NC2=O)nnc1Cl. The average Bonchev–Trinajstić information content (AvgIpc) is 3.25. The molecular formula is C14H17ClN4O3. The number of hydrogen-bond donors (Lipinski definition) is 2. The second-order valence-electron chi connectivity index (χ2n) is 5.53. The molecule has 1 aliphatic heterocycles. The number of urea groups is 1. The van der Waals surface area contributed by atoms with Crippen molar-refractivity contribution < 1.29 is 14.3 Å². The first kappa shape index (κ1) is 15.2. The Morgan fingerprint density at radius 2 is 2.23 bits per heavy atom. The molecular weight excluding hydrogens is 308 g/mol. The quantitative estimate of drug-likeness (QED) is 0.848. The van der Waals surface area contributed by atoms with Crippen LogP contribution in [0.25, 0.3) is 0 Å². The fourth-order valence-electron chi connectivity index (χ4n) is 2.69. The molecule has 2 fully saturated rings. The van der Waals surface area contributed by atoms with Crippen LogP contribution in [-0.4, -0.2) is 41.9 Å². The van der Waals surface area contributed by atoms with Crippen LogP contribution >= 0.6 is 11.6 Å². The lowest BCUT2D eigenvalue weighted by Crippen LogP contribution is -2.51. The number of halogens is 1. The highest BCUT2D eigenvalue weighted by molar-refractivity contribution is 6.30. The van der Waals surface area contributed by atoms with Crippen LogP contribution in [-0.2, 0) is 9.53 Å². The zero-order chi connectivity index (χ0) is 15.7. The number of carbonyl (C=O) groups excluding carboxylic acids is 2. The molecule has 2 heterocycles. The third-order valence-corrected chi connectivity index (χ3v) is 4.32. The lowest BCUT2D eigenvalue weighted by atomic mass is 10.0. The van der Waals surface area contributed by atoms with Crippen molar-refractivity contribution in [1.82, 2.24) is 20.8 Å². The van der Waals surface area contributed by atoms with E-state index in [1.807, 2.05) is 13.0 Å². The molecule has 1 aliphatic carbocycles. The van der Waals surface area contributed by atoms with E-state index in [-0.39, 0.29) is 12.5 Å². The molecule has 118 valence electrons. The van der Waals surface area contributed by atoms with E-state index in [4.69, 9.17) is 16.3 Å². The molecule has 0 radical (unpaired) electrons. The number of aromatic nitrogens is 2. The Bertz CT molecular complexity index is 610. The van der Waals surface area contributed by atoms with E-state index in [1.165, 1.54) is 0 Å². The Kier molecular flexibility index (Phi) is 4.26. The molecule has 3 rings (SSSR count). The zero-order valence-electron chi connectivity index (χ0n) is 12.1. The van der Waals surface area contributed by atoms with Crippen LogP contribution in [0.3, 0.4) is 0 Å². The molecule has 0 aromatic carbocycles. The van der Waals surface area contributed by atoms with Crippen molar-refractivity contribution >= 4 is 23.5 Å². The summed E-state index contributed by atoms with van der Waals surface area (Å²) in [5.74, 6) is -0.165. The van der Waals surface area contributed by atoms with Gasteiger partial charge >= 0.3 is 6.03 Å². The molecule has 0 spiro atoms. The lowest BCUT2D eigenvalue weighted by molar-refractivity contribution is -0.122. The summed E-state index contributed by atoms with van der Waals surface area (Å²) in [6, 6.07) is 1.34. The third kappa shape index (κ3) is 3.05. The Labute approximate surface area is 132 Å². The summed E-state index contributed by atoms with van der Waals surface area (Å²) in [6.45, 7) is 3.58. The number of hydrogen-bond acceptors (Lipinski definition) is 5. The van der Waals surface area contributed by atoms with Crippen LogP contribution in [0.2, 0.25) is 5.15 Å². The van der Waals surface area contributed by atoms with E-state index < -0.39 is 11.9 Å². The Balaban J connectivity index is 1.76. The second-order valence-corrected chi connectivity index (χ2v) is 5.89. The van der Waals surface area contributed by atoms with Crippen molar-refractivity contribution in [2.75, 3.05) is 19.8 Å². The van der Waals surface area contributed by atoms with E-state index in [2.05, 4.69) is 20.8 Å². The van der Waals surface area contributed by atoms with E-state index in [9.17, 15) is 9.59 Å². The number of imide groups is 1. The Morgan fingerprint density at radius 1 is 1.41 bits per heavy atom. The van der Waals surface area contributed by atoms with Gasteiger partial charge in [-0.05, 0) is 36.8 Å². The largest absolute Gasteiger partial charge is 0.381 e. The second kappa shape index (κ2) is 6.18. The van der Waals surface area contributed by atoms with Gasteiger partial charge in [0.2, 0.25) is 5.91 Å². The van der Waals surface area contributed by atoms with E-state index in [1.54, 1.807) is 0 Å². The van der Waals surface area contributed by atoms with Crippen molar-refractivity contribution in [3.8, 4) is 0 Å². The van der Waals surface area contributed by atoms with Crippen molar-refractivity contribution in [1.29, 1.82) is 0 Å². The predicted molar refractivity (Wildman–Crippen MR) is 78.7 cm³/mol.